The number of carbonyl (C=O) groups is 1. The highest BCUT2D eigenvalue weighted by molar-refractivity contribution is 5.86. The Hall–Kier alpha value is -1.49. The fraction of sp³-hybridized carbons (Fsp3) is 0.875. The molecule has 1 heterocycles. The van der Waals surface area contributed by atoms with E-state index in [4.69, 9.17) is 4.42 Å². The van der Waals surface area contributed by atoms with Crippen molar-refractivity contribution >= 4 is 5.78 Å². The van der Waals surface area contributed by atoms with Gasteiger partial charge in [0.2, 0.25) is 11.8 Å². The van der Waals surface area contributed by atoms with Crippen LogP contribution in [0.2, 0.25) is 0 Å². The summed E-state index contributed by atoms with van der Waals surface area (Å²) in [4.78, 5) is 14.9. The number of nitrogens with zero attached hydrogens (tertiary/aromatic N) is 2. The highest BCUT2D eigenvalue weighted by atomic mass is 16.4. The Morgan fingerprint density at radius 2 is 1.60 bits per heavy atom. The quantitative estimate of drug-likeness (QED) is 0.333. The number of aromatic nitrogens is 2. The first kappa shape index (κ1) is 32.1. The van der Waals surface area contributed by atoms with Crippen molar-refractivity contribution in [2.75, 3.05) is 0 Å². The third kappa shape index (κ3) is 4.10. The maximum atomic E-state index is 14.9. The van der Waals surface area contributed by atoms with Gasteiger partial charge in [-0.15, -0.1) is 10.2 Å². The second kappa shape index (κ2) is 10.0. The van der Waals surface area contributed by atoms with Crippen LogP contribution in [0.5, 0.6) is 0 Å². The van der Waals surface area contributed by atoms with E-state index < -0.39 is 0 Å². The Balaban J connectivity index is 1.18. The van der Waals surface area contributed by atoms with E-state index in [-0.39, 0.29) is 44.5 Å². The average Bonchev–Trinajstić information content (AvgIpc) is 3.57. The van der Waals surface area contributed by atoms with Crippen LogP contribution in [0.1, 0.15) is 150 Å². The number of aliphatic hydroxyl groups is 1. The van der Waals surface area contributed by atoms with Crippen molar-refractivity contribution in [3.8, 4) is 0 Å². The van der Waals surface area contributed by atoms with E-state index in [0.29, 0.717) is 53.6 Å². The number of hydrogen-bond donors (Lipinski definition) is 1. The molecule has 0 radical (unpaired) electrons. The van der Waals surface area contributed by atoms with Crippen molar-refractivity contribution in [2.24, 2.45) is 68.0 Å². The molecule has 5 heteroatoms. The number of Topliss-reactive ketones (excluding diaryl/α,β-unsaturated/α-hetero) is 1. The molecule has 0 saturated heterocycles. The molecule has 250 valence electrons. The molecule has 6 aliphatic carbocycles. The molecule has 0 aromatic carbocycles. The lowest BCUT2D eigenvalue weighted by molar-refractivity contribution is -0.246. The number of rotatable bonds is 5. The topological polar surface area (TPSA) is 76.2 Å². The maximum Gasteiger partial charge on any atom is 0.220 e. The second-order valence-electron chi connectivity index (χ2n) is 19.3. The number of ketones is 1. The van der Waals surface area contributed by atoms with Crippen LogP contribution in [0.15, 0.2) is 16.6 Å². The molecule has 1 aromatic rings. The van der Waals surface area contributed by atoms with E-state index in [1.54, 1.807) is 0 Å². The lowest BCUT2D eigenvalue weighted by atomic mass is 9.32. The van der Waals surface area contributed by atoms with E-state index in [1.807, 2.05) is 6.92 Å². The van der Waals surface area contributed by atoms with E-state index in [0.717, 1.165) is 44.4 Å². The van der Waals surface area contributed by atoms with Gasteiger partial charge in [-0.3, -0.25) is 4.79 Å². The highest BCUT2D eigenvalue weighted by Gasteiger charge is 2.72. The molecule has 0 unspecified atom stereocenters. The van der Waals surface area contributed by atoms with Crippen LogP contribution in [-0.2, 0) is 4.79 Å². The molecule has 1 aromatic heterocycles. The van der Waals surface area contributed by atoms with Crippen LogP contribution < -0.4 is 0 Å². The van der Waals surface area contributed by atoms with Gasteiger partial charge in [0.15, 0.2) is 0 Å². The minimum Gasteiger partial charge on any atom is -0.425 e. The van der Waals surface area contributed by atoms with Gasteiger partial charge in [0, 0.05) is 24.7 Å². The Kier molecular flexibility index (Phi) is 7.14. The van der Waals surface area contributed by atoms with Crippen LogP contribution >= 0.6 is 0 Å². The van der Waals surface area contributed by atoms with Gasteiger partial charge < -0.3 is 9.52 Å². The molecule has 12 atom stereocenters. The summed E-state index contributed by atoms with van der Waals surface area (Å²) >= 11 is 0. The first-order valence-electron chi connectivity index (χ1n) is 18.6. The number of allylic oxidation sites excluding steroid dienone is 1. The number of aliphatic hydroxyl groups excluding tert-OH is 1. The number of aryl methyl sites for hydroxylation is 1. The maximum absolute atomic E-state index is 14.9. The Labute approximate surface area is 273 Å². The van der Waals surface area contributed by atoms with Crippen molar-refractivity contribution in [1.29, 1.82) is 0 Å². The van der Waals surface area contributed by atoms with Crippen LogP contribution in [0.3, 0.4) is 0 Å². The molecule has 0 aliphatic heterocycles. The van der Waals surface area contributed by atoms with Crippen LogP contribution in [-0.4, -0.2) is 27.2 Å². The monoisotopic (exact) mass is 618 g/mol. The van der Waals surface area contributed by atoms with Crippen molar-refractivity contribution in [1.82, 2.24) is 10.2 Å². The number of carbonyl (C=O) groups excluding carboxylic acids is 1. The summed E-state index contributed by atoms with van der Waals surface area (Å²) in [5, 5.41) is 19.5. The van der Waals surface area contributed by atoms with Gasteiger partial charge in [-0.25, -0.2) is 0 Å². The van der Waals surface area contributed by atoms with E-state index in [2.05, 4.69) is 72.2 Å². The molecule has 6 aliphatic rings. The number of fused-ring (bicyclic) bond motifs is 7. The minimum atomic E-state index is -0.197. The van der Waals surface area contributed by atoms with Crippen LogP contribution in [0.25, 0.3) is 0 Å². The first-order valence-corrected chi connectivity index (χ1v) is 18.6. The molecule has 5 nitrogen and oxygen atoms in total. The lowest BCUT2D eigenvalue weighted by Crippen LogP contribution is -2.67. The Morgan fingerprint density at radius 3 is 2.24 bits per heavy atom. The van der Waals surface area contributed by atoms with Crippen molar-refractivity contribution < 1.29 is 14.3 Å². The summed E-state index contributed by atoms with van der Waals surface area (Å²) in [6.45, 7) is 25.9. The summed E-state index contributed by atoms with van der Waals surface area (Å²) in [5.74, 6) is 5.26. The third-order valence-corrected chi connectivity index (χ3v) is 17.3. The Morgan fingerprint density at radius 1 is 0.867 bits per heavy atom. The van der Waals surface area contributed by atoms with Crippen molar-refractivity contribution in [3.63, 3.8) is 0 Å². The van der Waals surface area contributed by atoms with Gasteiger partial charge in [-0.05, 0) is 140 Å². The zero-order valence-electron chi connectivity index (χ0n) is 30.0. The lowest BCUT2D eigenvalue weighted by Gasteiger charge is -2.73. The molecule has 45 heavy (non-hydrogen) atoms. The third-order valence-electron chi connectivity index (χ3n) is 17.3. The van der Waals surface area contributed by atoms with Gasteiger partial charge >= 0.3 is 0 Å². The molecular weight excluding hydrogens is 556 g/mol. The molecule has 6 fully saturated rings. The molecule has 0 amide bonds. The molecule has 7 rings (SSSR count). The van der Waals surface area contributed by atoms with Gasteiger partial charge in [0.25, 0.3) is 0 Å². The summed E-state index contributed by atoms with van der Waals surface area (Å²) in [6.07, 6.45) is 13.0. The van der Waals surface area contributed by atoms with Gasteiger partial charge in [0.1, 0.15) is 5.78 Å². The van der Waals surface area contributed by atoms with Crippen LogP contribution in [0, 0.1) is 74.9 Å². The van der Waals surface area contributed by atoms with Crippen molar-refractivity contribution in [3.05, 3.63) is 23.9 Å². The van der Waals surface area contributed by atoms with E-state index in [1.165, 1.54) is 37.7 Å². The summed E-state index contributed by atoms with van der Waals surface area (Å²) < 4.78 is 5.85. The SMILES string of the molecule is C=C(C)[C@@H]1CC[C@]2(C(=O)C[C@@H]3C[C@H](c4nnc(C)o4)C3(C)C)CC[C@]3(C)[C@H](CC[C@@H]4[C@@]5(C)CC[C@H](O)C(C)(C)[C@@H]5CC[C@]43C)[C@@H]12. The van der Waals surface area contributed by atoms with Crippen molar-refractivity contribution in [2.45, 2.75) is 151 Å². The average molecular weight is 619 g/mol. The standard InChI is InChI=1S/C40H62N2O3/c1-23(2)26-13-18-40(32(44)22-25-21-28(35(25,4)5)34-42-41-24(3)45-34)20-19-38(9)27(33(26)40)11-12-30-37(8)16-15-31(43)36(6,7)29(37)14-17-39(30,38)10/h25-31,33,43H,1,11-22H2,2-10H3/t25-,26-,27+,28+,29-,30+,31-,33+,37-,38+,39+,40+/m0/s1. The highest BCUT2D eigenvalue weighted by Crippen LogP contribution is 2.78. The first-order chi connectivity index (χ1) is 20.9. The van der Waals surface area contributed by atoms with E-state index >= 15 is 0 Å². The second-order valence-corrected chi connectivity index (χ2v) is 19.3. The van der Waals surface area contributed by atoms with Crippen LogP contribution in [0.4, 0.5) is 0 Å². The molecular formula is C40H62N2O3. The molecule has 0 spiro atoms. The zero-order chi connectivity index (χ0) is 32.5. The largest absolute Gasteiger partial charge is 0.425 e. The molecule has 1 N–H and O–H groups in total. The molecule has 0 bridgehead atoms. The normalized spacial score (nSPS) is 49.6. The smallest absolute Gasteiger partial charge is 0.220 e. The summed E-state index contributed by atoms with van der Waals surface area (Å²) in [7, 11) is 0. The zero-order valence-corrected chi connectivity index (χ0v) is 30.0. The summed E-state index contributed by atoms with van der Waals surface area (Å²) in [6, 6.07) is 0. The predicted octanol–water partition coefficient (Wildman–Crippen LogP) is 9.49. The fourth-order valence-corrected chi connectivity index (χ4v) is 14.3. The minimum absolute atomic E-state index is 0.0166. The van der Waals surface area contributed by atoms with Gasteiger partial charge in [-0.2, -0.15) is 0 Å². The van der Waals surface area contributed by atoms with E-state index in [9.17, 15) is 9.90 Å². The Bertz CT molecular complexity index is 1380. The molecule has 6 saturated carbocycles. The van der Waals surface area contributed by atoms with Gasteiger partial charge in [-0.1, -0.05) is 60.6 Å². The number of hydrogen-bond acceptors (Lipinski definition) is 5. The summed E-state index contributed by atoms with van der Waals surface area (Å²) in [5.41, 5.74) is 1.85. The fourth-order valence-electron chi connectivity index (χ4n) is 14.3. The predicted molar refractivity (Wildman–Crippen MR) is 178 cm³/mol. The van der Waals surface area contributed by atoms with Gasteiger partial charge in [0.05, 0.1) is 6.10 Å².